The van der Waals surface area contributed by atoms with E-state index in [1.165, 1.54) is 0 Å². The van der Waals surface area contributed by atoms with Crippen LogP contribution >= 0.6 is 0 Å². The largest absolute Gasteiger partial charge is 0.481 e. The third kappa shape index (κ3) is 3.18. The number of rotatable bonds is 5. The van der Waals surface area contributed by atoms with Gasteiger partial charge in [-0.1, -0.05) is 0 Å². The number of aromatic nitrogens is 3. The number of carboxylic acids is 1. The van der Waals surface area contributed by atoms with E-state index in [0.29, 0.717) is 29.9 Å². The molecule has 2 aromatic rings. The summed E-state index contributed by atoms with van der Waals surface area (Å²) in [5.74, 6) is -1.14. The van der Waals surface area contributed by atoms with Gasteiger partial charge in [-0.3, -0.25) is 9.59 Å². The van der Waals surface area contributed by atoms with Crippen molar-refractivity contribution < 1.29 is 14.7 Å². The Kier molecular flexibility index (Phi) is 4.21. The van der Waals surface area contributed by atoms with E-state index in [2.05, 4.69) is 15.4 Å². The van der Waals surface area contributed by atoms with Crippen LogP contribution in [0.4, 0.5) is 0 Å². The van der Waals surface area contributed by atoms with Crippen LogP contribution in [0.1, 0.15) is 40.3 Å². The molecule has 0 aliphatic carbocycles. The molecule has 0 radical (unpaired) electrons. The molecule has 0 saturated heterocycles. The van der Waals surface area contributed by atoms with E-state index in [1.807, 2.05) is 19.9 Å². The SMILES string of the molecule is Cc1cc(C)n2nc(C)c(C(=O)NCCCC(=O)O)c2n1. The number of fused-ring (bicyclic) bond motifs is 1. The molecule has 0 unspecified atom stereocenters. The van der Waals surface area contributed by atoms with Gasteiger partial charge in [-0.05, 0) is 33.3 Å². The minimum absolute atomic E-state index is 0.0322. The van der Waals surface area contributed by atoms with Crippen molar-refractivity contribution in [2.45, 2.75) is 33.6 Å². The van der Waals surface area contributed by atoms with Crippen LogP contribution in [-0.2, 0) is 4.79 Å². The Morgan fingerprint density at radius 1 is 1.33 bits per heavy atom. The molecule has 0 bridgehead atoms. The summed E-state index contributed by atoms with van der Waals surface area (Å²) in [6.45, 7) is 5.84. The Morgan fingerprint density at radius 3 is 2.71 bits per heavy atom. The van der Waals surface area contributed by atoms with Crippen molar-refractivity contribution in [3.63, 3.8) is 0 Å². The summed E-state index contributed by atoms with van der Waals surface area (Å²) in [6.07, 6.45) is 0.426. The Bertz CT molecular complexity index is 706. The second-order valence-corrected chi connectivity index (χ2v) is 4.99. The normalized spacial score (nSPS) is 10.8. The van der Waals surface area contributed by atoms with Crippen molar-refractivity contribution in [3.05, 3.63) is 28.7 Å². The van der Waals surface area contributed by atoms with E-state index < -0.39 is 5.97 Å². The van der Waals surface area contributed by atoms with Crippen LogP contribution in [0.15, 0.2) is 6.07 Å². The van der Waals surface area contributed by atoms with Crippen molar-refractivity contribution in [1.29, 1.82) is 0 Å². The lowest BCUT2D eigenvalue weighted by Gasteiger charge is -2.04. The molecule has 0 fully saturated rings. The van der Waals surface area contributed by atoms with E-state index >= 15 is 0 Å². The van der Waals surface area contributed by atoms with Crippen molar-refractivity contribution in [2.75, 3.05) is 6.54 Å². The van der Waals surface area contributed by atoms with Crippen molar-refractivity contribution in [2.24, 2.45) is 0 Å². The second-order valence-electron chi connectivity index (χ2n) is 4.99. The molecule has 2 heterocycles. The highest BCUT2D eigenvalue weighted by Crippen LogP contribution is 2.16. The number of nitrogens with zero attached hydrogens (tertiary/aromatic N) is 3. The Labute approximate surface area is 122 Å². The zero-order chi connectivity index (χ0) is 15.6. The first-order valence-electron chi connectivity index (χ1n) is 6.73. The van der Waals surface area contributed by atoms with Gasteiger partial charge in [0.05, 0.1) is 5.69 Å². The number of hydrogen-bond donors (Lipinski definition) is 2. The summed E-state index contributed by atoms with van der Waals surface area (Å²) in [5.41, 5.74) is 3.30. The predicted octanol–water partition coefficient (Wildman–Crippen LogP) is 1.25. The quantitative estimate of drug-likeness (QED) is 0.808. The monoisotopic (exact) mass is 290 g/mol. The molecule has 7 nitrogen and oxygen atoms in total. The topological polar surface area (TPSA) is 96.6 Å². The summed E-state index contributed by atoms with van der Waals surface area (Å²) in [5, 5.41) is 15.6. The lowest BCUT2D eigenvalue weighted by Crippen LogP contribution is -2.25. The summed E-state index contributed by atoms with van der Waals surface area (Å²) < 4.78 is 1.65. The van der Waals surface area contributed by atoms with Crippen LogP contribution in [0, 0.1) is 20.8 Å². The fraction of sp³-hybridized carbons (Fsp3) is 0.429. The first-order valence-corrected chi connectivity index (χ1v) is 6.73. The summed E-state index contributed by atoms with van der Waals surface area (Å²) in [6, 6.07) is 1.90. The van der Waals surface area contributed by atoms with Gasteiger partial charge in [-0.25, -0.2) is 9.50 Å². The second kappa shape index (κ2) is 5.90. The number of amides is 1. The molecule has 7 heteroatoms. The highest BCUT2D eigenvalue weighted by atomic mass is 16.4. The number of carbonyl (C=O) groups is 2. The Morgan fingerprint density at radius 2 is 2.05 bits per heavy atom. The molecule has 0 aliphatic rings. The van der Waals surface area contributed by atoms with E-state index in [1.54, 1.807) is 11.4 Å². The van der Waals surface area contributed by atoms with Gasteiger partial charge >= 0.3 is 5.97 Å². The maximum Gasteiger partial charge on any atom is 0.303 e. The van der Waals surface area contributed by atoms with E-state index in [9.17, 15) is 9.59 Å². The molecule has 112 valence electrons. The fourth-order valence-electron chi connectivity index (χ4n) is 2.22. The maximum absolute atomic E-state index is 12.3. The van der Waals surface area contributed by atoms with Gasteiger partial charge in [0.2, 0.25) is 0 Å². The highest BCUT2D eigenvalue weighted by Gasteiger charge is 2.19. The fourth-order valence-corrected chi connectivity index (χ4v) is 2.22. The first-order chi connectivity index (χ1) is 9.90. The number of hydrogen-bond acceptors (Lipinski definition) is 4. The van der Waals surface area contributed by atoms with Gasteiger partial charge in [-0.15, -0.1) is 0 Å². The molecule has 2 rings (SSSR count). The van der Waals surface area contributed by atoms with E-state index in [0.717, 1.165) is 11.4 Å². The predicted molar refractivity (Wildman–Crippen MR) is 76.4 cm³/mol. The molecule has 0 aliphatic heterocycles. The smallest absolute Gasteiger partial charge is 0.303 e. The average Bonchev–Trinajstić information content (AvgIpc) is 2.71. The molecule has 0 atom stereocenters. The minimum Gasteiger partial charge on any atom is -0.481 e. The van der Waals surface area contributed by atoms with Crippen molar-refractivity contribution in [1.82, 2.24) is 19.9 Å². The number of aryl methyl sites for hydroxylation is 3. The Balaban J connectivity index is 2.23. The molecule has 1 amide bonds. The van der Waals surface area contributed by atoms with Gasteiger partial charge in [0, 0.05) is 24.4 Å². The minimum atomic E-state index is -0.871. The van der Waals surface area contributed by atoms with E-state index in [-0.39, 0.29) is 12.3 Å². The van der Waals surface area contributed by atoms with Crippen LogP contribution in [0.2, 0.25) is 0 Å². The molecule has 21 heavy (non-hydrogen) atoms. The summed E-state index contributed by atoms with van der Waals surface area (Å²) in [7, 11) is 0. The number of carbonyl (C=O) groups excluding carboxylic acids is 1. The van der Waals surface area contributed by atoms with Crippen LogP contribution in [-0.4, -0.2) is 38.1 Å². The van der Waals surface area contributed by atoms with Crippen LogP contribution in [0.3, 0.4) is 0 Å². The van der Waals surface area contributed by atoms with E-state index in [4.69, 9.17) is 5.11 Å². The van der Waals surface area contributed by atoms with Gasteiger partial charge in [0.25, 0.3) is 5.91 Å². The number of carboxylic acid groups (broad SMARTS) is 1. The lowest BCUT2D eigenvalue weighted by atomic mass is 10.2. The van der Waals surface area contributed by atoms with Crippen molar-refractivity contribution >= 4 is 17.5 Å². The molecule has 0 spiro atoms. The first kappa shape index (κ1) is 15.0. The molecular formula is C14H18N4O3. The molecule has 0 saturated carbocycles. The van der Waals surface area contributed by atoms with Crippen LogP contribution in [0.25, 0.3) is 5.65 Å². The van der Waals surface area contributed by atoms with Crippen LogP contribution < -0.4 is 5.32 Å². The summed E-state index contributed by atoms with van der Waals surface area (Å²) >= 11 is 0. The standard InChI is InChI=1S/C14H18N4O3/c1-8-7-9(2)18-13(16-8)12(10(3)17-18)14(21)15-6-4-5-11(19)20/h7H,4-6H2,1-3H3,(H,15,21)(H,19,20). The number of aliphatic carboxylic acids is 1. The number of nitrogens with one attached hydrogen (secondary N) is 1. The maximum atomic E-state index is 12.3. The third-order valence-electron chi connectivity index (χ3n) is 3.15. The van der Waals surface area contributed by atoms with Gasteiger partial charge in [0.1, 0.15) is 5.56 Å². The average molecular weight is 290 g/mol. The van der Waals surface area contributed by atoms with Gasteiger partial charge in [0.15, 0.2) is 5.65 Å². The summed E-state index contributed by atoms with van der Waals surface area (Å²) in [4.78, 5) is 27.1. The van der Waals surface area contributed by atoms with Crippen molar-refractivity contribution in [3.8, 4) is 0 Å². The molecule has 0 aromatic carbocycles. The molecular weight excluding hydrogens is 272 g/mol. The highest BCUT2D eigenvalue weighted by molar-refractivity contribution is 6.01. The zero-order valence-corrected chi connectivity index (χ0v) is 12.3. The Hall–Kier alpha value is -2.44. The third-order valence-corrected chi connectivity index (χ3v) is 3.15. The van der Waals surface area contributed by atoms with Crippen LogP contribution in [0.5, 0.6) is 0 Å². The zero-order valence-electron chi connectivity index (χ0n) is 12.3. The van der Waals surface area contributed by atoms with Gasteiger partial charge < -0.3 is 10.4 Å². The lowest BCUT2D eigenvalue weighted by molar-refractivity contribution is -0.137. The molecule has 2 aromatic heterocycles. The van der Waals surface area contributed by atoms with Gasteiger partial charge in [-0.2, -0.15) is 5.10 Å². The molecule has 2 N–H and O–H groups in total.